The molecule has 0 aliphatic carbocycles. The topological polar surface area (TPSA) is 54.0 Å². The molecule has 0 saturated carbocycles. The molecule has 0 bridgehead atoms. The van der Waals surface area contributed by atoms with Crippen LogP contribution in [0.25, 0.3) is 0 Å². The molecule has 5 nitrogen and oxygen atoms in total. The van der Waals surface area contributed by atoms with Crippen molar-refractivity contribution in [2.24, 2.45) is 0 Å². The maximum absolute atomic E-state index is 11.8. The Morgan fingerprint density at radius 1 is 1.17 bits per heavy atom. The third-order valence-electron chi connectivity index (χ3n) is 3.41. The lowest BCUT2D eigenvalue weighted by Gasteiger charge is -2.12. The Morgan fingerprint density at radius 2 is 2.00 bits per heavy atom. The van der Waals surface area contributed by atoms with Crippen LogP contribution in [0.5, 0.6) is 0 Å². The first-order valence-corrected chi connectivity index (χ1v) is 7.94. The molecule has 2 atom stereocenters. The molecule has 2 aromatic rings. The van der Waals surface area contributed by atoms with Crippen molar-refractivity contribution < 1.29 is 23.7 Å². The van der Waals surface area contributed by atoms with Crippen LogP contribution >= 0.6 is 11.6 Å². The molecule has 3 rings (SSSR count). The zero-order valence-corrected chi connectivity index (χ0v) is 13.6. The van der Waals surface area contributed by atoms with Crippen LogP contribution in [0.3, 0.4) is 0 Å². The molecule has 1 fully saturated rings. The van der Waals surface area contributed by atoms with Crippen molar-refractivity contribution in [1.82, 2.24) is 0 Å². The summed E-state index contributed by atoms with van der Waals surface area (Å²) in [5.74, 6) is -0.411. The summed E-state index contributed by atoms with van der Waals surface area (Å²) in [5, 5.41) is 0.658. The number of benzene rings is 2. The molecule has 1 aliphatic rings. The van der Waals surface area contributed by atoms with Gasteiger partial charge in [0.15, 0.2) is 12.6 Å². The fourth-order valence-corrected chi connectivity index (χ4v) is 2.44. The Morgan fingerprint density at radius 3 is 2.79 bits per heavy atom. The van der Waals surface area contributed by atoms with Gasteiger partial charge in [-0.3, -0.25) is 0 Å². The van der Waals surface area contributed by atoms with Gasteiger partial charge >= 0.3 is 5.97 Å². The van der Waals surface area contributed by atoms with E-state index in [2.05, 4.69) is 0 Å². The van der Waals surface area contributed by atoms with Gasteiger partial charge < -0.3 is 18.9 Å². The van der Waals surface area contributed by atoms with Crippen LogP contribution in [-0.4, -0.2) is 31.8 Å². The highest BCUT2D eigenvalue weighted by Crippen LogP contribution is 2.17. The van der Waals surface area contributed by atoms with Gasteiger partial charge in [-0.15, -0.1) is 0 Å². The Balaban J connectivity index is 1.40. The molecule has 126 valence electrons. The van der Waals surface area contributed by atoms with Crippen LogP contribution in [0.4, 0.5) is 0 Å². The van der Waals surface area contributed by atoms with E-state index in [9.17, 15) is 4.79 Å². The van der Waals surface area contributed by atoms with Gasteiger partial charge in [0.05, 0.1) is 12.2 Å². The average molecular weight is 349 g/mol. The first-order valence-electron chi connectivity index (χ1n) is 7.56. The van der Waals surface area contributed by atoms with E-state index in [1.54, 1.807) is 30.3 Å². The lowest BCUT2D eigenvalue weighted by Crippen LogP contribution is -2.21. The quantitative estimate of drug-likeness (QED) is 0.749. The molecule has 0 spiro atoms. The molecule has 0 aromatic heterocycles. The van der Waals surface area contributed by atoms with Gasteiger partial charge in [-0.1, -0.05) is 41.9 Å². The Bertz CT molecular complexity index is 676. The van der Waals surface area contributed by atoms with Crippen molar-refractivity contribution >= 4 is 17.6 Å². The summed E-state index contributed by atoms with van der Waals surface area (Å²) >= 11 is 5.92. The number of carbonyl (C=O) groups excluding carboxylic acids is 1. The molecular formula is C18H17ClO5. The highest BCUT2D eigenvalue weighted by molar-refractivity contribution is 6.30. The van der Waals surface area contributed by atoms with Crippen molar-refractivity contribution in [3.8, 4) is 0 Å². The van der Waals surface area contributed by atoms with Crippen LogP contribution in [0, 0.1) is 0 Å². The largest absolute Gasteiger partial charge is 0.457 e. The van der Waals surface area contributed by atoms with E-state index >= 15 is 0 Å². The predicted molar refractivity (Wildman–Crippen MR) is 87.6 cm³/mol. The first kappa shape index (κ1) is 16.9. The fraction of sp³-hybridized carbons (Fsp3) is 0.278. The van der Waals surface area contributed by atoms with Crippen LogP contribution in [0.2, 0.25) is 5.02 Å². The second kappa shape index (κ2) is 8.26. The summed E-state index contributed by atoms with van der Waals surface area (Å²) in [4.78, 5) is 11.8. The van der Waals surface area contributed by atoms with Crippen molar-refractivity contribution in [3.63, 3.8) is 0 Å². The maximum Gasteiger partial charge on any atom is 0.338 e. The smallest absolute Gasteiger partial charge is 0.338 e. The van der Waals surface area contributed by atoms with Gasteiger partial charge in [-0.05, 0) is 29.8 Å². The zero-order valence-electron chi connectivity index (χ0n) is 12.9. The SMILES string of the molecule is O=C(OCC1OCC(OCc2cccc(Cl)c2)O1)c1ccccc1. The van der Waals surface area contributed by atoms with E-state index in [0.717, 1.165) is 5.56 Å². The zero-order chi connectivity index (χ0) is 16.8. The monoisotopic (exact) mass is 348 g/mol. The molecule has 0 amide bonds. The summed E-state index contributed by atoms with van der Waals surface area (Å²) in [5.41, 5.74) is 1.44. The van der Waals surface area contributed by atoms with Crippen molar-refractivity contribution in [2.45, 2.75) is 19.2 Å². The van der Waals surface area contributed by atoms with E-state index < -0.39 is 18.5 Å². The third-order valence-corrected chi connectivity index (χ3v) is 3.64. The van der Waals surface area contributed by atoms with E-state index in [4.69, 9.17) is 30.5 Å². The van der Waals surface area contributed by atoms with Gasteiger partial charge in [-0.25, -0.2) is 4.79 Å². The maximum atomic E-state index is 11.8. The minimum absolute atomic E-state index is 0.0186. The Hall–Kier alpha value is -1.92. The van der Waals surface area contributed by atoms with Crippen LogP contribution in [0.1, 0.15) is 15.9 Å². The van der Waals surface area contributed by atoms with E-state index in [1.165, 1.54) is 0 Å². The molecule has 2 unspecified atom stereocenters. The molecule has 0 radical (unpaired) electrons. The van der Waals surface area contributed by atoms with Crippen molar-refractivity contribution in [1.29, 1.82) is 0 Å². The summed E-state index contributed by atoms with van der Waals surface area (Å²) in [7, 11) is 0. The van der Waals surface area contributed by atoms with Crippen LogP contribution in [-0.2, 0) is 25.6 Å². The van der Waals surface area contributed by atoms with Crippen molar-refractivity contribution in [2.75, 3.05) is 13.2 Å². The number of hydrogen-bond acceptors (Lipinski definition) is 5. The molecule has 0 N–H and O–H groups in total. The Kier molecular flexibility index (Phi) is 5.82. The van der Waals surface area contributed by atoms with Crippen LogP contribution < -0.4 is 0 Å². The molecule has 24 heavy (non-hydrogen) atoms. The number of hydrogen-bond donors (Lipinski definition) is 0. The highest BCUT2D eigenvalue weighted by Gasteiger charge is 2.28. The highest BCUT2D eigenvalue weighted by atomic mass is 35.5. The van der Waals surface area contributed by atoms with Gasteiger partial charge in [0.2, 0.25) is 0 Å². The van der Waals surface area contributed by atoms with Gasteiger partial charge in [-0.2, -0.15) is 0 Å². The van der Waals surface area contributed by atoms with E-state index in [0.29, 0.717) is 17.2 Å². The second-order valence-corrected chi connectivity index (χ2v) is 5.67. The number of carbonyl (C=O) groups is 1. The fourth-order valence-electron chi connectivity index (χ4n) is 2.23. The molecule has 2 aromatic carbocycles. The van der Waals surface area contributed by atoms with Gasteiger partial charge in [0.1, 0.15) is 13.2 Å². The number of esters is 1. The van der Waals surface area contributed by atoms with E-state index in [1.807, 2.05) is 24.3 Å². The second-order valence-electron chi connectivity index (χ2n) is 5.23. The van der Waals surface area contributed by atoms with Crippen LogP contribution in [0.15, 0.2) is 54.6 Å². The first-order chi connectivity index (χ1) is 11.7. The van der Waals surface area contributed by atoms with E-state index in [-0.39, 0.29) is 13.2 Å². The normalized spacial score (nSPS) is 20.0. The summed E-state index contributed by atoms with van der Waals surface area (Å²) in [6, 6.07) is 16.2. The molecule has 6 heteroatoms. The number of rotatable bonds is 6. The summed E-state index contributed by atoms with van der Waals surface area (Å²) in [6.07, 6.45) is -1.12. The Labute approximate surface area is 145 Å². The van der Waals surface area contributed by atoms with Gasteiger partial charge in [0, 0.05) is 5.02 Å². The average Bonchev–Trinajstić information content (AvgIpc) is 3.07. The molecular weight excluding hydrogens is 332 g/mol. The lowest BCUT2D eigenvalue weighted by molar-refractivity contribution is -0.160. The molecule has 1 aliphatic heterocycles. The third kappa shape index (κ3) is 4.79. The minimum atomic E-state index is -0.623. The standard InChI is InChI=1S/C18H17ClO5/c19-15-8-4-5-13(9-15)10-21-16-11-22-17(24-16)12-23-18(20)14-6-2-1-3-7-14/h1-9,16-17H,10-12H2. The predicted octanol–water partition coefficient (Wildman–Crippen LogP) is 3.41. The molecule has 1 saturated heterocycles. The minimum Gasteiger partial charge on any atom is -0.457 e. The lowest BCUT2D eigenvalue weighted by atomic mass is 10.2. The van der Waals surface area contributed by atoms with Gasteiger partial charge in [0.25, 0.3) is 0 Å². The summed E-state index contributed by atoms with van der Waals surface area (Å²) in [6.45, 7) is 0.671. The molecule has 1 heterocycles. The summed E-state index contributed by atoms with van der Waals surface area (Å²) < 4.78 is 21.8. The number of ether oxygens (including phenoxy) is 4. The number of halogens is 1. The van der Waals surface area contributed by atoms with Crippen molar-refractivity contribution in [3.05, 3.63) is 70.7 Å².